The van der Waals surface area contributed by atoms with Crippen LogP contribution in [-0.2, 0) is 0 Å². The van der Waals surface area contributed by atoms with Crippen molar-refractivity contribution in [3.05, 3.63) is 29.6 Å². The van der Waals surface area contributed by atoms with E-state index < -0.39 is 0 Å². The van der Waals surface area contributed by atoms with Crippen LogP contribution in [0.5, 0.6) is 5.75 Å². The second-order valence-electron chi connectivity index (χ2n) is 6.07. The number of H-pyrrole nitrogens is 1. The van der Waals surface area contributed by atoms with Gasteiger partial charge in [0.1, 0.15) is 11.4 Å². The minimum atomic E-state index is 0.659. The van der Waals surface area contributed by atoms with Gasteiger partial charge in [-0.15, -0.1) is 0 Å². The van der Waals surface area contributed by atoms with Crippen molar-refractivity contribution in [2.75, 3.05) is 6.61 Å². The van der Waals surface area contributed by atoms with Gasteiger partial charge in [-0.3, -0.25) is 10.1 Å². The molecular formula is C16H19N3O. The summed E-state index contributed by atoms with van der Waals surface area (Å²) in [7, 11) is 0. The molecule has 0 spiro atoms. The lowest BCUT2D eigenvalue weighted by molar-refractivity contribution is 0.296. The van der Waals surface area contributed by atoms with E-state index in [1.807, 2.05) is 19.2 Å². The second-order valence-corrected chi connectivity index (χ2v) is 6.07. The van der Waals surface area contributed by atoms with Gasteiger partial charge in [-0.2, -0.15) is 5.10 Å². The molecule has 4 nitrogen and oxygen atoms in total. The van der Waals surface area contributed by atoms with E-state index in [1.54, 1.807) is 0 Å². The van der Waals surface area contributed by atoms with E-state index in [0.29, 0.717) is 5.92 Å². The molecule has 2 aliphatic rings. The number of hydrogen-bond acceptors (Lipinski definition) is 3. The number of pyridine rings is 1. The summed E-state index contributed by atoms with van der Waals surface area (Å²) in [5, 5.41) is 7.25. The Bertz CT molecular complexity index is 626. The van der Waals surface area contributed by atoms with Crippen molar-refractivity contribution in [2.45, 2.75) is 38.5 Å². The van der Waals surface area contributed by atoms with Crippen LogP contribution in [0.2, 0.25) is 0 Å². The van der Waals surface area contributed by atoms with E-state index in [-0.39, 0.29) is 0 Å². The zero-order chi connectivity index (χ0) is 13.5. The molecule has 2 saturated carbocycles. The Morgan fingerprint density at radius 2 is 2.05 bits per heavy atom. The van der Waals surface area contributed by atoms with Crippen LogP contribution in [0.25, 0.3) is 11.4 Å². The fraction of sp³-hybridized carbons (Fsp3) is 0.500. The summed E-state index contributed by atoms with van der Waals surface area (Å²) in [6.45, 7) is 2.85. The standard InChI is InChI=1S/C16H19N3O/c1-10-6-15(19-18-10)14-7-16(20-9-11-2-3-11)13(8-17-14)12-4-5-12/h6-8,11-12H,2-5,9H2,1H3,(H,18,19). The van der Waals surface area contributed by atoms with Gasteiger partial charge in [0.2, 0.25) is 0 Å². The van der Waals surface area contributed by atoms with Crippen molar-refractivity contribution >= 4 is 0 Å². The predicted octanol–water partition coefficient (Wildman–Crippen LogP) is 3.45. The lowest BCUT2D eigenvalue weighted by atomic mass is 10.1. The van der Waals surface area contributed by atoms with Crippen LogP contribution in [0.3, 0.4) is 0 Å². The third-order valence-electron chi connectivity index (χ3n) is 4.05. The van der Waals surface area contributed by atoms with Gasteiger partial charge in [0.25, 0.3) is 0 Å². The highest BCUT2D eigenvalue weighted by Crippen LogP contribution is 2.45. The molecule has 2 aromatic heterocycles. The minimum absolute atomic E-state index is 0.659. The molecule has 20 heavy (non-hydrogen) atoms. The maximum absolute atomic E-state index is 6.05. The van der Waals surface area contributed by atoms with Gasteiger partial charge >= 0.3 is 0 Å². The van der Waals surface area contributed by atoms with E-state index in [2.05, 4.69) is 21.2 Å². The van der Waals surface area contributed by atoms with Crippen molar-refractivity contribution in [1.29, 1.82) is 0 Å². The molecule has 0 saturated heterocycles. The highest BCUT2D eigenvalue weighted by atomic mass is 16.5. The highest BCUT2D eigenvalue weighted by Gasteiger charge is 2.29. The second kappa shape index (κ2) is 4.62. The van der Waals surface area contributed by atoms with Crippen LogP contribution >= 0.6 is 0 Å². The lowest BCUT2D eigenvalue weighted by Gasteiger charge is -2.11. The largest absolute Gasteiger partial charge is 0.493 e. The van der Waals surface area contributed by atoms with Gasteiger partial charge in [0.05, 0.1) is 12.3 Å². The van der Waals surface area contributed by atoms with Crippen molar-refractivity contribution in [3.8, 4) is 17.1 Å². The third kappa shape index (κ3) is 2.42. The Kier molecular flexibility index (Phi) is 2.76. The maximum atomic E-state index is 6.05. The Morgan fingerprint density at radius 1 is 1.20 bits per heavy atom. The highest BCUT2D eigenvalue weighted by molar-refractivity contribution is 5.58. The molecule has 0 amide bonds. The Balaban J connectivity index is 1.64. The number of ether oxygens (including phenoxy) is 1. The third-order valence-corrected chi connectivity index (χ3v) is 4.05. The van der Waals surface area contributed by atoms with Gasteiger partial charge in [0, 0.05) is 23.5 Å². The van der Waals surface area contributed by atoms with E-state index in [4.69, 9.17) is 4.74 Å². The molecule has 0 aromatic carbocycles. The Labute approximate surface area is 118 Å². The predicted molar refractivity (Wildman–Crippen MR) is 76.7 cm³/mol. The first kappa shape index (κ1) is 11.9. The summed E-state index contributed by atoms with van der Waals surface area (Å²) in [5.41, 5.74) is 4.11. The fourth-order valence-corrected chi connectivity index (χ4v) is 2.45. The topological polar surface area (TPSA) is 50.8 Å². The van der Waals surface area contributed by atoms with Gasteiger partial charge in [-0.1, -0.05) is 0 Å². The first-order valence-electron chi connectivity index (χ1n) is 7.45. The lowest BCUT2D eigenvalue weighted by Crippen LogP contribution is -2.02. The molecule has 0 unspecified atom stereocenters. The normalized spacial score (nSPS) is 18.2. The zero-order valence-corrected chi connectivity index (χ0v) is 11.7. The SMILES string of the molecule is Cc1cc(-c2cc(OCC3CC3)c(C3CC3)cn2)n[nH]1. The summed E-state index contributed by atoms with van der Waals surface area (Å²) in [6, 6.07) is 4.08. The average Bonchev–Trinajstić information content (AvgIpc) is 3.36. The molecule has 2 aliphatic carbocycles. The molecule has 4 heteroatoms. The number of nitrogens with one attached hydrogen (secondary N) is 1. The monoisotopic (exact) mass is 269 g/mol. The first-order chi connectivity index (χ1) is 9.79. The van der Waals surface area contributed by atoms with Gasteiger partial charge in [-0.05, 0) is 50.5 Å². The zero-order valence-electron chi connectivity index (χ0n) is 11.7. The molecule has 2 heterocycles. The van der Waals surface area contributed by atoms with E-state index in [0.717, 1.165) is 35.4 Å². The summed E-state index contributed by atoms with van der Waals surface area (Å²) in [4.78, 5) is 4.56. The number of aromatic amines is 1. The van der Waals surface area contributed by atoms with Gasteiger partial charge in [-0.25, -0.2) is 0 Å². The number of hydrogen-bond donors (Lipinski definition) is 1. The smallest absolute Gasteiger partial charge is 0.126 e. The first-order valence-corrected chi connectivity index (χ1v) is 7.45. The Hall–Kier alpha value is -1.84. The van der Waals surface area contributed by atoms with Crippen LogP contribution in [0.1, 0.15) is 42.9 Å². The number of aryl methyl sites for hydroxylation is 1. The van der Waals surface area contributed by atoms with E-state index in [9.17, 15) is 0 Å². The molecule has 4 rings (SSSR count). The van der Waals surface area contributed by atoms with E-state index in [1.165, 1.54) is 31.2 Å². The molecule has 0 atom stereocenters. The molecule has 0 aliphatic heterocycles. The van der Waals surface area contributed by atoms with Crippen LogP contribution < -0.4 is 4.74 Å². The average molecular weight is 269 g/mol. The van der Waals surface area contributed by atoms with Crippen LogP contribution in [0, 0.1) is 12.8 Å². The molecule has 0 radical (unpaired) electrons. The number of aromatic nitrogens is 3. The molecule has 1 N–H and O–H groups in total. The van der Waals surface area contributed by atoms with Crippen molar-refractivity contribution in [1.82, 2.24) is 15.2 Å². The molecule has 104 valence electrons. The molecule has 0 bridgehead atoms. The van der Waals surface area contributed by atoms with Crippen LogP contribution in [-0.4, -0.2) is 21.8 Å². The molecule has 2 aromatic rings. The van der Waals surface area contributed by atoms with Gasteiger partial charge < -0.3 is 4.74 Å². The summed E-state index contributed by atoms with van der Waals surface area (Å²) in [5.74, 6) is 2.45. The van der Waals surface area contributed by atoms with Crippen molar-refractivity contribution < 1.29 is 4.74 Å². The maximum Gasteiger partial charge on any atom is 0.126 e. The van der Waals surface area contributed by atoms with Crippen molar-refractivity contribution in [3.63, 3.8) is 0 Å². The summed E-state index contributed by atoms with van der Waals surface area (Å²) in [6.07, 6.45) is 7.15. The summed E-state index contributed by atoms with van der Waals surface area (Å²) >= 11 is 0. The molecule has 2 fully saturated rings. The fourth-order valence-electron chi connectivity index (χ4n) is 2.45. The molecular weight excluding hydrogens is 250 g/mol. The summed E-state index contributed by atoms with van der Waals surface area (Å²) < 4.78 is 6.05. The van der Waals surface area contributed by atoms with Crippen LogP contribution in [0.15, 0.2) is 18.3 Å². The number of nitrogens with zero attached hydrogens (tertiary/aromatic N) is 2. The quantitative estimate of drug-likeness (QED) is 0.904. The Morgan fingerprint density at radius 3 is 2.70 bits per heavy atom. The number of rotatable bonds is 5. The minimum Gasteiger partial charge on any atom is -0.493 e. The van der Waals surface area contributed by atoms with Gasteiger partial charge in [0.15, 0.2) is 0 Å². The van der Waals surface area contributed by atoms with E-state index >= 15 is 0 Å². The van der Waals surface area contributed by atoms with Crippen LogP contribution in [0.4, 0.5) is 0 Å². The van der Waals surface area contributed by atoms with Crippen molar-refractivity contribution in [2.24, 2.45) is 5.92 Å².